The highest BCUT2D eigenvalue weighted by Gasteiger charge is 2.15. The first kappa shape index (κ1) is 13.7. The maximum absolute atomic E-state index is 13.8. The van der Waals surface area contributed by atoms with E-state index >= 15 is 0 Å². The number of amides is 1. The lowest BCUT2D eigenvalue weighted by molar-refractivity contribution is 0.102. The highest BCUT2D eigenvalue weighted by Crippen LogP contribution is 2.22. The van der Waals surface area contributed by atoms with E-state index in [9.17, 15) is 9.18 Å². The third-order valence-electron chi connectivity index (χ3n) is 2.77. The largest absolute Gasteiger partial charge is 0.298 e. The molecular weight excluding hydrogens is 263 g/mol. The summed E-state index contributed by atoms with van der Waals surface area (Å²) in [7, 11) is 0. The second-order valence-corrected chi connectivity index (χ2v) is 5.48. The normalized spacial score (nSPS) is 10.8. The van der Waals surface area contributed by atoms with E-state index in [-0.39, 0.29) is 5.56 Å². The van der Waals surface area contributed by atoms with Crippen molar-refractivity contribution >= 4 is 22.4 Å². The lowest BCUT2D eigenvalue weighted by Gasteiger charge is -2.05. The molecule has 0 aliphatic rings. The Morgan fingerprint density at radius 2 is 2.16 bits per heavy atom. The lowest BCUT2D eigenvalue weighted by Crippen LogP contribution is -2.14. The molecule has 1 amide bonds. The molecule has 5 heteroatoms. The number of nitrogens with one attached hydrogen (secondary N) is 1. The van der Waals surface area contributed by atoms with Crippen molar-refractivity contribution in [2.75, 3.05) is 5.32 Å². The molecule has 1 heterocycles. The average molecular weight is 278 g/mol. The lowest BCUT2D eigenvalue weighted by atomic mass is 10.1. The van der Waals surface area contributed by atoms with Gasteiger partial charge in [0.25, 0.3) is 5.91 Å². The molecule has 3 nitrogen and oxygen atoms in total. The van der Waals surface area contributed by atoms with E-state index in [1.165, 1.54) is 17.4 Å². The highest BCUT2D eigenvalue weighted by atomic mass is 32.1. The van der Waals surface area contributed by atoms with Crippen molar-refractivity contribution in [3.63, 3.8) is 0 Å². The fraction of sp³-hybridized carbons (Fsp3) is 0.286. The minimum Gasteiger partial charge on any atom is -0.298 e. The molecule has 0 unspecified atom stereocenters. The second kappa shape index (κ2) is 5.48. The summed E-state index contributed by atoms with van der Waals surface area (Å²) in [5.74, 6) is -0.649. The Kier molecular flexibility index (Phi) is 3.95. The molecule has 100 valence electrons. The molecule has 0 radical (unpaired) electrons. The van der Waals surface area contributed by atoms with Gasteiger partial charge in [0.2, 0.25) is 0 Å². The number of rotatable bonds is 3. The van der Waals surface area contributed by atoms with Gasteiger partial charge in [0.1, 0.15) is 5.82 Å². The van der Waals surface area contributed by atoms with Crippen LogP contribution in [-0.4, -0.2) is 10.9 Å². The van der Waals surface area contributed by atoms with Crippen LogP contribution in [0, 0.1) is 12.7 Å². The van der Waals surface area contributed by atoms with Gasteiger partial charge in [-0.3, -0.25) is 10.1 Å². The number of benzene rings is 1. The van der Waals surface area contributed by atoms with Gasteiger partial charge in [-0.25, -0.2) is 9.37 Å². The maximum atomic E-state index is 13.8. The summed E-state index contributed by atoms with van der Waals surface area (Å²) in [6.45, 7) is 5.69. The number of carbonyl (C=O) groups excluding carboxylic acids is 1. The van der Waals surface area contributed by atoms with E-state index in [1.54, 1.807) is 19.1 Å². The average Bonchev–Trinajstić information content (AvgIpc) is 2.81. The number of anilines is 1. The Hall–Kier alpha value is -1.75. The number of nitrogens with zero attached hydrogens (tertiary/aromatic N) is 1. The first-order chi connectivity index (χ1) is 8.99. The zero-order valence-corrected chi connectivity index (χ0v) is 11.8. The van der Waals surface area contributed by atoms with Crippen LogP contribution < -0.4 is 5.32 Å². The first-order valence-electron chi connectivity index (χ1n) is 6.01. The number of aromatic nitrogens is 1. The van der Waals surface area contributed by atoms with Crippen molar-refractivity contribution in [2.45, 2.75) is 26.7 Å². The van der Waals surface area contributed by atoms with Crippen molar-refractivity contribution in [1.82, 2.24) is 4.98 Å². The molecule has 0 bridgehead atoms. The van der Waals surface area contributed by atoms with Crippen LogP contribution in [0.25, 0.3) is 0 Å². The van der Waals surface area contributed by atoms with Crippen LogP contribution in [0.5, 0.6) is 0 Å². The Morgan fingerprint density at radius 1 is 1.42 bits per heavy atom. The van der Waals surface area contributed by atoms with Crippen LogP contribution >= 0.6 is 11.3 Å². The minimum atomic E-state index is -0.486. The van der Waals surface area contributed by atoms with Crippen LogP contribution in [0.3, 0.4) is 0 Å². The van der Waals surface area contributed by atoms with E-state index in [0.717, 1.165) is 5.69 Å². The minimum absolute atomic E-state index is 0.0429. The van der Waals surface area contributed by atoms with E-state index < -0.39 is 11.7 Å². The molecule has 0 saturated heterocycles. The van der Waals surface area contributed by atoms with E-state index in [4.69, 9.17) is 0 Å². The molecule has 0 aliphatic heterocycles. The van der Waals surface area contributed by atoms with Crippen molar-refractivity contribution in [3.05, 3.63) is 46.2 Å². The Labute approximate surface area is 115 Å². The maximum Gasteiger partial charge on any atom is 0.260 e. The summed E-state index contributed by atoms with van der Waals surface area (Å²) in [5.41, 5.74) is 1.42. The SMILES string of the molecule is Cc1cccc(C(=O)Nc2nc(C(C)C)cs2)c1F. The van der Waals surface area contributed by atoms with Crippen molar-refractivity contribution in [3.8, 4) is 0 Å². The quantitative estimate of drug-likeness (QED) is 0.923. The van der Waals surface area contributed by atoms with Gasteiger partial charge in [-0.05, 0) is 24.5 Å². The fourth-order valence-electron chi connectivity index (χ4n) is 1.60. The molecule has 0 fully saturated rings. The predicted octanol–water partition coefficient (Wildman–Crippen LogP) is 3.97. The van der Waals surface area contributed by atoms with Gasteiger partial charge >= 0.3 is 0 Å². The van der Waals surface area contributed by atoms with E-state index in [0.29, 0.717) is 16.6 Å². The van der Waals surface area contributed by atoms with Gasteiger partial charge in [0, 0.05) is 5.38 Å². The molecular formula is C14H15FN2OS. The number of thiazole rings is 1. The van der Waals surface area contributed by atoms with Crippen molar-refractivity contribution < 1.29 is 9.18 Å². The van der Waals surface area contributed by atoms with Gasteiger partial charge in [-0.2, -0.15) is 0 Å². The monoisotopic (exact) mass is 278 g/mol. The van der Waals surface area contributed by atoms with E-state index in [2.05, 4.69) is 10.3 Å². The summed E-state index contributed by atoms with van der Waals surface area (Å²) in [5, 5.41) is 5.02. The predicted molar refractivity (Wildman–Crippen MR) is 75.3 cm³/mol. The number of carbonyl (C=O) groups is 1. The van der Waals surface area contributed by atoms with Gasteiger partial charge in [0.15, 0.2) is 5.13 Å². The first-order valence-corrected chi connectivity index (χ1v) is 6.89. The molecule has 1 N–H and O–H groups in total. The Morgan fingerprint density at radius 3 is 2.79 bits per heavy atom. The molecule has 1 aromatic heterocycles. The highest BCUT2D eigenvalue weighted by molar-refractivity contribution is 7.14. The van der Waals surface area contributed by atoms with Crippen molar-refractivity contribution in [2.24, 2.45) is 0 Å². The third kappa shape index (κ3) is 2.98. The molecule has 19 heavy (non-hydrogen) atoms. The van der Waals surface area contributed by atoms with Crippen LogP contribution in [0.4, 0.5) is 9.52 Å². The Bertz CT molecular complexity index is 607. The van der Waals surface area contributed by atoms with Crippen LogP contribution in [0.2, 0.25) is 0 Å². The summed E-state index contributed by atoms with van der Waals surface area (Å²) >= 11 is 1.35. The standard InChI is InChI=1S/C14H15FN2OS/c1-8(2)11-7-19-14(16-11)17-13(18)10-6-4-5-9(3)12(10)15/h4-8H,1-3H3,(H,16,17,18). The topological polar surface area (TPSA) is 42.0 Å². The molecule has 2 aromatic rings. The summed E-state index contributed by atoms with van der Waals surface area (Å²) in [6, 6.07) is 4.76. The fourth-order valence-corrected chi connectivity index (χ4v) is 2.46. The van der Waals surface area contributed by atoms with Crippen LogP contribution in [0.1, 0.15) is 41.4 Å². The van der Waals surface area contributed by atoms with Gasteiger partial charge in [0.05, 0.1) is 11.3 Å². The number of aryl methyl sites for hydroxylation is 1. The summed E-state index contributed by atoms with van der Waals surface area (Å²) in [4.78, 5) is 16.3. The van der Waals surface area contributed by atoms with Crippen molar-refractivity contribution in [1.29, 1.82) is 0 Å². The van der Waals surface area contributed by atoms with E-state index in [1.807, 2.05) is 19.2 Å². The summed E-state index contributed by atoms with van der Waals surface area (Å²) < 4.78 is 13.8. The molecule has 2 rings (SSSR count). The number of hydrogen-bond donors (Lipinski definition) is 1. The van der Waals surface area contributed by atoms with Crippen LogP contribution in [-0.2, 0) is 0 Å². The molecule has 0 saturated carbocycles. The zero-order chi connectivity index (χ0) is 14.0. The van der Waals surface area contributed by atoms with Gasteiger partial charge < -0.3 is 0 Å². The molecule has 0 atom stereocenters. The van der Waals surface area contributed by atoms with Gasteiger partial charge in [-0.15, -0.1) is 11.3 Å². The third-order valence-corrected chi connectivity index (χ3v) is 3.55. The zero-order valence-electron chi connectivity index (χ0n) is 11.0. The smallest absolute Gasteiger partial charge is 0.260 e. The van der Waals surface area contributed by atoms with Gasteiger partial charge in [-0.1, -0.05) is 26.0 Å². The summed E-state index contributed by atoms with van der Waals surface area (Å²) in [6.07, 6.45) is 0. The Balaban J connectivity index is 2.18. The number of halogens is 1. The molecule has 1 aromatic carbocycles. The second-order valence-electron chi connectivity index (χ2n) is 4.62. The number of hydrogen-bond acceptors (Lipinski definition) is 3. The molecule has 0 spiro atoms. The molecule has 0 aliphatic carbocycles. The van der Waals surface area contributed by atoms with Crippen LogP contribution in [0.15, 0.2) is 23.6 Å².